The highest BCUT2D eigenvalue weighted by Crippen LogP contribution is 2.26. The van der Waals surface area contributed by atoms with Crippen LogP contribution in [-0.4, -0.2) is 42.4 Å². The van der Waals surface area contributed by atoms with Crippen LogP contribution in [0.2, 0.25) is 0 Å². The third kappa shape index (κ3) is 3.11. The first-order valence-corrected chi connectivity index (χ1v) is 10.3. The van der Waals surface area contributed by atoms with Gasteiger partial charge in [-0.2, -0.15) is 4.98 Å². The molecule has 130 valence electrons. The Hall–Kier alpha value is -2.41. The molecule has 1 aliphatic heterocycles. The second-order valence-electron chi connectivity index (χ2n) is 6.45. The Morgan fingerprint density at radius 3 is 2.40 bits per heavy atom. The minimum atomic E-state index is -3.19. The van der Waals surface area contributed by atoms with Crippen molar-refractivity contribution in [1.29, 1.82) is 0 Å². The lowest BCUT2D eigenvalue weighted by Crippen LogP contribution is -2.30. The van der Waals surface area contributed by atoms with E-state index in [0.717, 1.165) is 35.8 Å². The molecule has 6 nitrogen and oxygen atoms in total. The maximum absolute atomic E-state index is 11.6. The van der Waals surface area contributed by atoms with Crippen LogP contribution in [0, 0.1) is 0 Å². The maximum atomic E-state index is 11.6. The van der Waals surface area contributed by atoms with Crippen LogP contribution in [0.15, 0.2) is 47.5 Å². The first-order valence-electron chi connectivity index (χ1n) is 8.43. The molecule has 4 rings (SSSR count). The lowest BCUT2D eigenvalue weighted by Gasteiger charge is -2.24. The number of aromatic nitrogens is 3. The predicted octanol–water partition coefficient (Wildman–Crippen LogP) is 2.79. The predicted molar refractivity (Wildman–Crippen MR) is 97.6 cm³/mol. The van der Waals surface area contributed by atoms with E-state index in [-0.39, 0.29) is 0 Å². The van der Waals surface area contributed by atoms with Crippen molar-refractivity contribution >= 4 is 21.4 Å². The summed E-state index contributed by atoms with van der Waals surface area (Å²) in [6.45, 7) is 1.99. The van der Waals surface area contributed by atoms with E-state index in [1.165, 1.54) is 25.5 Å². The Morgan fingerprint density at radius 1 is 1.00 bits per heavy atom. The van der Waals surface area contributed by atoms with Crippen LogP contribution in [0.25, 0.3) is 16.8 Å². The molecule has 0 saturated carbocycles. The molecule has 1 fully saturated rings. The summed E-state index contributed by atoms with van der Waals surface area (Å²) in [5, 5.41) is 4.61. The standard InChI is InChI=1S/C18H20N4O2S/c1-25(23,24)15-9-7-14(8-10-15)16-6-5-13-22-17(16)19-18(20-22)21-11-3-2-4-12-21/h5-10,13H,2-4,11-12H2,1H3. The molecule has 1 aliphatic rings. The molecule has 1 saturated heterocycles. The molecule has 0 atom stereocenters. The zero-order chi connectivity index (χ0) is 17.4. The Kier molecular flexibility index (Phi) is 3.95. The summed E-state index contributed by atoms with van der Waals surface area (Å²) in [7, 11) is -3.19. The topological polar surface area (TPSA) is 67.6 Å². The molecule has 0 amide bonds. The van der Waals surface area contributed by atoms with Crippen LogP contribution in [0.5, 0.6) is 0 Å². The fraction of sp³-hybridized carbons (Fsp3) is 0.333. The Labute approximate surface area is 147 Å². The number of hydrogen-bond donors (Lipinski definition) is 0. The van der Waals surface area contributed by atoms with E-state index in [2.05, 4.69) is 10.00 Å². The van der Waals surface area contributed by atoms with Crippen LogP contribution in [0.4, 0.5) is 5.95 Å². The van der Waals surface area contributed by atoms with Crippen molar-refractivity contribution in [3.8, 4) is 11.1 Å². The van der Waals surface area contributed by atoms with Crippen LogP contribution >= 0.6 is 0 Å². The second kappa shape index (κ2) is 6.15. The fourth-order valence-corrected chi connectivity index (χ4v) is 3.86. The molecular formula is C18H20N4O2S. The molecule has 0 spiro atoms. The number of sulfone groups is 1. The summed E-state index contributed by atoms with van der Waals surface area (Å²) >= 11 is 0. The molecule has 0 unspecified atom stereocenters. The third-order valence-electron chi connectivity index (χ3n) is 4.58. The number of nitrogens with zero attached hydrogens (tertiary/aromatic N) is 4. The van der Waals surface area contributed by atoms with Gasteiger partial charge in [0.1, 0.15) is 0 Å². The number of rotatable bonds is 3. The van der Waals surface area contributed by atoms with E-state index >= 15 is 0 Å². The van der Waals surface area contributed by atoms with Crippen molar-refractivity contribution in [1.82, 2.24) is 14.6 Å². The minimum Gasteiger partial charge on any atom is -0.340 e. The number of anilines is 1. The molecule has 1 aromatic carbocycles. The summed E-state index contributed by atoms with van der Waals surface area (Å²) in [6.07, 6.45) is 6.73. The highest BCUT2D eigenvalue weighted by Gasteiger charge is 2.17. The summed E-state index contributed by atoms with van der Waals surface area (Å²) in [5.74, 6) is 0.764. The quantitative estimate of drug-likeness (QED) is 0.722. The third-order valence-corrected chi connectivity index (χ3v) is 5.71. The normalized spacial score (nSPS) is 15.6. The number of fused-ring (bicyclic) bond motifs is 1. The smallest absolute Gasteiger partial charge is 0.245 e. The zero-order valence-electron chi connectivity index (χ0n) is 14.1. The van der Waals surface area contributed by atoms with Crippen molar-refractivity contribution in [2.75, 3.05) is 24.2 Å². The zero-order valence-corrected chi connectivity index (χ0v) is 14.9. The van der Waals surface area contributed by atoms with E-state index in [0.29, 0.717) is 4.90 Å². The molecular weight excluding hydrogens is 336 g/mol. The molecule has 0 aliphatic carbocycles. The minimum absolute atomic E-state index is 0.318. The van der Waals surface area contributed by atoms with Crippen molar-refractivity contribution < 1.29 is 8.42 Å². The molecule has 0 bridgehead atoms. The van der Waals surface area contributed by atoms with Gasteiger partial charge in [-0.1, -0.05) is 12.1 Å². The summed E-state index contributed by atoms with van der Waals surface area (Å²) in [6, 6.07) is 10.8. The van der Waals surface area contributed by atoms with Gasteiger partial charge in [0, 0.05) is 31.1 Å². The number of hydrogen-bond acceptors (Lipinski definition) is 5. The monoisotopic (exact) mass is 356 g/mol. The number of piperidine rings is 1. The lowest BCUT2D eigenvalue weighted by molar-refractivity contribution is 0.568. The first kappa shape index (κ1) is 16.1. The van der Waals surface area contributed by atoms with Crippen LogP contribution in [0.1, 0.15) is 19.3 Å². The fourth-order valence-electron chi connectivity index (χ4n) is 3.23. The molecule has 25 heavy (non-hydrogen) atoms. The van der Waals surface area contributed by atoms with Crippen molar-refractivity contribution in [2.24, 2.45) is 0 Å². The average Bonchev–Trinajstić information content (AvgIpc) is 3.06. The number of pyridine rings is 1. The lowest BCUT2D eigenvalue weighted by atomic mass is 10.1. The van der Waals surface area contributed by atoms with Gasteiger partial charge < -0.3 is 4.90 Å². The summed E-state index contributed by atoms with van der Waals surface area (Å²) < 4.78 is 25.1. The van der Waals surface area contributed by atoms with E-state index in [1.54, 1.807) is 16.6 Å². The van der Waals surface area contributed by atoms with Gasteiger partial charge in [-0.3, -0.25) is 0 Å². The number of benzene rings is 1. The van der Waals surface area contributed by atoms with Gasteiger partial charge in [0.2, 0.25) is 5.95 Å². The molecule has 7 heteroatoms. The van der Waals surface area contributed by atoms with E-state index in [9.17, 15) is 8.42 Å². The van der Waals surface area contributed by atoms with Gasteiger partial charge in [0.25, 0.3) is 0 Å². The molecule has 3 heterocycles. The van der Waals surface area contributed by atoms with Gasteiger partial charge in [-0.15, -0.1) is 5.10 Å². The van der Waals surface area contributed by atoms with E-state index in [1.807, 2.05) is 30.5 Å². The summed E-state index contributed by atoms with van der Waals surface area (Å²) in [4.78, 5) is 7.29. The van der Waals surface area contributed by atoms with Gasteiger partial charge in [0.05, 0.1) is 4.90 Å². The Morgan fingerprint density at radius 2 is 1.72 bits per heavy atom. The second-order valence-corrected chi connectivity index (χ2v) is 8.46. The van der Waals surface area contributed by atoms with Crippen LogP contribution in [-0.2, 0) is 9.84 Å². The van der Waals surface area contributed by atoms with Gasteiger partial charge in [0.15, 0.2) is 15.5 Å². The van der Waals surface area contributed by atoms with Crippen molar-refractivity contribution in [2.45, 2.75) is 24.2 Å². The molecule has 0 radical (unpaired) electrons. The van der Waals surface area contributed by atoms with Gasteiger partial charge in [-0.05, 0) is 49.1 Å². The van der Waals surface area contributed by atoms with Crippen LogP contribution in [0.3, 0.4) is 0 Å². The highest BCUT2D eigenvalue weighted by molar-refractivity contribution is 7.90. The first-order chi connectivity index (χ1) is 12.0. The van der Waals surface area contributed by atoms with Crippen molar-refractivity contribution in [3.63, 3.8) is 0 Å². The summed E-state index contributed by atoms with van der Waals surface area (Å²) in [5.41, 5.74) is 2.66. The highest BCUT2D eigenvalue weighted by atomic mass is 32.2. The SMILES string of the molecule is CS(=O)(=O)c1ccc(-c2cccn3nc(N4CCCCC4)nc23)cc1. The maximum Gasteiger partial charge on any atom is 0.245 e. The molecule has 3 aromatic rings. The van der Waals surface area contributed by atoms with E-state index in [4.69, 9.17) is 4.98 Å². The molecule has 0 N–H and O–H groups in total. The van der Waals surface area contributed by atoms with Crippen molar-refractivity contribution in [3.05, 3.63) is 42.6 Å². The average molecular weight is 356 g/mol. The Bertz CT molecular complexity index is 1000. The Balaban J connectivity index is 1.75. The van der Waals surface area contributed by atoms with E-state index < -0.39 is 9.84 Å². The van der Waals surface area contributed by atoms with Gasteiger partial charge in [-0.25, -0.2) is 12.9 Å². The van der Waals surface area contributed by atoms with Gasteiger partial charge >= 0.3 is 0 Å². The molecule has 2 aromatic heterocycles. The van der Waals surface area contributed by atoms with Crippen LogP contribution < -0.4 is 4.90 Å². The largest absolute Gasteiger partial charge is 0.340 e.